The summed E-state index contributed by atoms with van der Waals surface area (Å²) in [6.45, 7) is 5.91. The standard InChI is InChI=1S/C20H23N3O5S/c1-5-27-17-9-7-15(10-18(17)26-4)12-21-29(24,25)19-11-16(8-6-13(19)2)20-22-14(3)28-23-20/h6-11,21H,5,12H2,1-4H3. The summed E-state index contributed by atoms with van der Waals surface area (Å²) in [6.07, 6.45) is 0. The van der Waals surface area contributed by atoms with Gasteiger partial charge in [-0.25, -0.2) is 13.1 Å². The van der Waals surface area contributed by atoms with Gasteiger partial charge in [-0.2, -0.15) is 4.98 Å². The van der Waals surface area contributed by atoms with Crippen molar-refractivity contribution < 1.29 is 22.4 Å². The maximum absolute atomic E-state index is 12.9. The molecule has 3 aromatic rings. The molecule has 0 spiro atoms. The van der Waals surface area contributed by atoms with Crippen molar-refractivity contribution in [2.24, 2.45) is 0 Å². The van der Waals surface area contributed by atoms with Crippen LogP contribution >= 0.6 is 0 Å². The van der Waals surface area contributed by atoms with Gasteiger partial charge in [0.2, 0.25) is 21.7 Å². The van der Waals surface area contributed by atoms with Crippen LogP contribution in [0.3, 0.4) is 0 Å². The molecule has 3 rings (SSSR count). The van der Waals surface area contributed by atoms with Crippen molar-refractivity contribution in [1.29, 1.82) is 0 Å². The molecule has 0 aliphatic rings. The van der Waals surface area contributed by atoms with Crippen molar-refractivity contribution in [3.05, 3.63) is 53.4 Å². The molecule has 0 radical (unpaired) electrons. The molecule has 0 bridgehead atoms. The highest BCUT2D eigenvalue weighted by Crippen LogP contribution is 2.28. The van der Waals surface area contributed by atoms with Gasteiger partial charge in [0.25, 0.3) is 0 Å². The third-order valence-electron chi connectivity index (χ3n) is 4.26. The van der Waals surface area contributed by atoms with Crippen LogP contribution in [0, 0.1) is 13.8 Å². The number of aromatic nitrogens is 2. The van der Waals surface area contributed by atoms with Crippen LogP contribution in [-0.2, 0) is 16.6 Å². The number of hydrogen-bond donors (Lipinski definition) is 1. The van der Waals surface area contributed by atoms with Crippen LogP contribution in [0.2, 0.25) is 0 Å². The third-order valence-corrected chi connectivity index (χ3v) is 5.80. The largest absolute Gasteiger partial charge is 0.493 e. The Bertz CT molecular complexity index is 1110. The van der Waals surface area contributed by atoms with Crippen LogP contribution in [0.25, 0.3) is 11.4 Å². The van der Waals surface area contributed by atoms with E-state index in [4.69, 9.17) is 14.0 Å². The number of rotatable bonds is 8. The van der Waals surface area contributed by atoms with Crippen LogP contribution < -0.4 is 14.2 Å². The van der Waals surface area contributed by atoms with Gasteiger partial charge in [-0.05, 0) is 43.2 Å². The fourth-order valence-corrected chi connectivity index (χ4v) is 4.08. The van der Waals surface area contributed by atoms with E-state index in [9.17, 15) is 8.42 Å². The molecule has 0 saturated carbocycles. The average Bonchev–Trinajstić information content (AvgIpc) is 3.14. The Hall–Kier alpha value is -2.91. The number of nitrogens with one attached hydrogen (secondary N) is 1. The molecule has 0 unspecified atom stereocenters. The molecule has 0 aliphatic heterocycles. The average molecular weight is 417 g/mol. The predicted molar refractivity (Wildman–Crippen MR) is 107 cm³/mol. The van der Waals surface area contributed by atoms with Gasteiger partial charge in [0.05, 0.1) is 18.6 Å². The van der Waals surface area contributed by atoms with E-state index in [0.29, 0.717) is 40.9 Å². The zero-order chi connectivity index (χ0) is 21.0. The van der Waals surface area contributed by atoms with Crippen LogP contribution in [-0.4, -0.2) is 32.3 Å². The second-order valence-corrected chi connectivity index (χ2v) is 8.10. The smallest absolute Gasteiger partial charge is 0.241 e. The summed E-state index contributed by atoms with van der Waals surface area (Å²) < 4.78 is 44.2. The normalized spacial score (nSPS) is 11.4. The van der Waals surface area contributed by atoms with E-state index < -0.39 is 10.0 Å². The molecule has 8 nitrogen and oxygen atoms in total. The number of benzene rings is 2. The molecule has 29 heavy (non-hydrogen) atoms. The first kappa shape index (κ1) is 20.8. The van der Waals surface area contributed by atoms with E-state index in [-0.39, 0.29) is 11.4 Å². The molecule has 0 atom stereocenters. The Morgan fingerprint density at radius 2 is 1.90 bits per heavy atom. The first-order valence-electron chi connectivity index (χ1n) is 9.04. The number of methoxy groups -OCH3 is 1. The Kier molecular flexibility index (Phi) is 6.19. The van der Waals surface area contributed by atoms with Crippen molar-refractivity contribution in [2.75, 3.05) is 13.7 Å². The van der Waals surface area contributed by atoms with E-state index in [0.717, 1.165) is 5.56 Å². The highest BCUT2D eigenvalue weighted by Gasteiger charge is 2.19. The molecular formula is C20H23N3O5S. The second kappa shape index (κ2) is 8.62. The summed E-state index contributed by atoms with van der Waals surface area (Å²) in [5.74, 6) is 1.91. The van der Waals surface area contributed by atoms with Gasteiger partial charge in [0.1, 0.15) is 0 Å². The van der Waals surface area contributed by atoms with Gasteiger partial charge in [-0.1, -0.05) is 23.4 Å². The lowest BCUT2D eigenvalue weighted by Gasteiger charge is -2.13. The maximum Gasteiger partial charge on any atom is 0.241 e. The Labute approximate surface area is 169 Å². The summed E-state index contributed by atoms with van der Waals surface area (Å²) in [5, 5.41) is 3.85. The monoisotopic (exact) mass is 417 g/mol. The maximum atomic E-state index is 12.9. The van der Waals surface area contributed by atoms with Crippen LogP contribution in [0.5, 0.6) is 11.5 Å². The Balaban J connectivity index is 1.83. The Morgan fingerprint density at radius 1 is 1.10 bits per heavy atom. The Morgan fingerprint density at radius 3 is 2.55 bits per heavy atom. The summed E-state index contributed by atoms with van der Waals surface area (Å²) in [5.41, 5.74) is 1.93. The van der Waals surface area contributed by atoms with Gasteiger partial charge in [-0.3, -0.25) is 0 Å². The lowest BCUT2D eigenvalue weighted by Crippen LogP contribution is -2.24. The summed E-state index contributed by atoms with van der Waals surface area (Å²) in [7, 11) is -2.22. The quantitative estimate of drug-likeness (QED) is 0.600. The lowest BCUT2D eigenvalue weighted by molar-refractivity contribution is 0.310. The zero-order valence-corrected chi connectivity index (χ0v) is 17.5. The number of sulfonamides is 1. The fourth-order valence-electron chi connectivity index (χ4n) is 2.80. The molecule has 1 aromatic heterocycles. The first-order chi connectivity index (χ1) is 13.8. The van der Waals surface area contributed by atoms with Crippen LogP contribution in [0.1, 0.15) is 23.9 Å². The van der Waals surface area contributed by atoms with E-state index in [1.165, 1.54) is 0 Å². The molecular weight excluding hydrogens is 394 g/mol. The topological polar surface area (TPSA) is 104 Å². The fraction of sp³-hybridized carbons (Fsp3) is 0.300. The summed E-state index contributed by atoms with van der Waals surface area (Å²) in [4.78, 5) is 4.31. The highest BCUT2D eigenvalue weighted by molar-refractivity contribution is 7.89. The first-order valence-corrected chi connectivity index (χ1v) is 10.5. The van der Waals surface area contributed by atoms with Crippen LogP contribution in [0.15, 0.2) is 45.8 Å². The summed E-state index contributed by atoms with van der Waals surface area (Å²) in [6, 6.07) is 10.3. The molecule has 0 fully saturated rings. The van der Waals surface area contributed by atoms with E-state index in [1.54, 1.807) is 57.4 Å². The van der Waals surface area contributed by atoms with Crippen molar-refractivity contribution >= 4 is 10.0 Å². The van der Waals surface area contributed by atoms with Crippen molar-refractivity contribution in [1.82, 2.24) is 14.9 Å². The molecule has 154 valence electrons. The minimum atomic E-state index is -3.76. The molecule has 0 amide bonds. The van der Waals surface area contributed by atoms with E-state index in [2.05, 4.69) is 14.9 Å². The van der Waals surface area contributed by atoms with Crippen molar-refractivity contribution in [3.63, 3.8) is 0 Å². The van der Waals surface area contributed by atoms with Crippen molar-refractivity contribution in [2.45, 2.75) is 32.2 Å². The molecule has 9 heteroatoms. The predicted octanol–water partition coefficient (Wildman–Crippen LogP) is 3.24. The van der Waals surface area contributed by atoms with Gasteiger partial charge in [0.15, 0.2) is 11.5 Å². The van der Waals surface area contributed by atoms with Gasteiger partial charge < -0.3 is 14.0 Å². The minimum Gasteiger partial charge on any atom is -0.493 e. The SMILES string of the molecule is CCOc1ccc(CNS(=O)(=O)c2cc(-c3noc(C)n3)ccc2C)cc1OC. The van der Waals surface area contributed by atoms with Crippen molar-refractivity contribution in [3.8, 4) is 22.9 Å². The zero-order valence-electron chi connectivity index (χ0n) is 16.7. The number of hydrogen-bond acceptors (Lipinski definition) is 7. The molecule has 0 aliphatic carbocycles. The number of ether oxygens (including phenoxy) is 2. The van der Waals surface area contributed by atoms with Gasteiger partial charge in [-0.15, -0.1) is 0 Å². The molecule has 1 heterocycles. The van der Waals surface area contributed by atoms with Crippen LogP contribution in [0.4, 0.5) is 0 Å². The number of aryl methyl sites for hydroxylation is 2. The van der Waals surface area contributed by atoms with Gasteiger partial charge >= 0.3 is 0 Å². The highest BCUT2D eigenvalue weighted by atomic mass is 32.2. The number of nitrogens with zero attached hydrogens (tertiary/aromatic N) is 2. The molecule has 1 N–H and O–H groups in total. The minimum absolute atomic E-state index is 0.107. The van der Waals surface area contributed by atoms with E-state index in [1.807, 2.05) is 6.92 Å². The molecule has 0 saturated heterocycles. The summed E-state index contributed by atoms with van der Waals surface area (Å²) >= 11 is 0. The van der Waals surface area contributed by atoms with Gasteiger partial charge in [0, 0.05) is 19.0 Å². The molecule has 2 aromatic carbocycles. The van der Waals surface area contributed by atoms with E-state index >= 15 is 0 Å². The third kappa shape index (κ3) is 4.75. The lowest BCUT2D eigenvalue weighted by atomic mass is 10.1. The second-order valence-electron chi connectivity index (χ2n) is 6.36.